The molecule has 1 atom stereocenters. The first-order valence-electron chi connectivity index (χ1n) is 9.05. The van der Waals surface area contributed by atoms with E-state index in [1.165, 1.54) is 0 Å². The minimum atomic E-state index is -1.12. The van der Waals surface area contributed by atoms with Gasteiger partial charge >= 0.3 is 0 Å². The van der Waals surface area contributed by atoms with Gasteiger partial charge in [0.1, 0.15) is 23.9 Å². The molecule has 1 aliphatic rings. The third kappa shape index (κ3) is 4.65. The number of hydrogen-bond donors (Lipinski definition) is 1. The highest BCUT2D eigenvalue weighted by atomic mass is 16.6. The summed E-state index contributed by atoms with van der Waals surface area (Å²) in [5, 5.41) is 0. The monoisotopic (exact) mass is 382 g/mol. The van der Waals surface area contributed by atoms with Gasteiger partial charge < -0.3 is 23.8 Å². The predicted molar refractivity (Wildman–Crippen MR) is 110 cm³/mol. The van der Waals surface area contributed by atoms with Crippen molar-refractivity contribution in [1.82, 2.24) is 0 Å². The Morgan fingerprint density at radius 2 is 1.71 bits per heavy atom. The molecule has 1 heterocycles. The second-order valence-corrected chi connectivity index (χ2v) is 6.41. The fourth-order valence-electron chi connectivity index (χ4n) is 2.97. The molecule has 0 radical (unpaired) electrons. The summed E-state index contributed by atoms with van der Waals surface area (Å²) in [5.74, 6) is 1.11. The fraction of sp³-hybridized carbons (Fsp3) is 0.273. The van der Waals surface area contributed by atoms with Crippen LogP contribution in [0.4, 0.5) is 5.69 Å². The zero-order valence-corrected chi connectivity index (χ0v) is 16.4. The number of ether oxygens (including phenoxy) is 4. The first-order valence-corrected chi connectivity index (χ1v) is 9.05. The standard InChI is InChI=1S/C22H26N2O4/c1-17-13-18(15-21(14-17)26-3)24-10-5-4-9-22(24,23)28-12-11-27-20-8-6-7-19(16-20)25-2/h4-10,13-16H,11-12,23H2,1-3H3. The summed E-state index contributed by atoms with van der Waals surface area (Å²) in [6.07, 6.45) is 7.48. The largest absolute Gasteiger partial charge is 0.497 e. The molecule has 0 bridgehead atoms. The minimum absolute atomic E-state index is 0.311. The molecule has 0 amide bonds. The van der Waals surface area contributed by atoms with Crippen LogP contribution in [0, 0.1) is 6.92 Å². The Bertz CT molecular complexity index is 865. The van der Waals surface area contributed by atoms with Crippen LogP contribution in [-0.4, -0.2) is 33.3 Å². The predicted octanol–water partition coefficient (Wildman–Crippen LogP) is 3.61. The number of hydrogen-bond acceptors (Lipinski definition) is 6. The quantitative estimate of drug-likeness (QED) is 0.556. The van der Waals surface area contributed by atoms with Crippen molar-refractivity contribution in [3.8, 4) is 17.2 Å². The van der Waals surface area contributed by atoms with E-state index in [-0.39, 0.29) is 0 Å². The van der Waals surface area contributed by atoms with Gasteiger partial charge in [-0.25, -0.2) is 0 Å². The van der Waals surface area contributed by atoms with E-state index in [9.17, 15) is 0 Å². The Kier molecular flexibility index (Phi) is 6.23. The molecule has 6 heteroatoms. The molecule has 148 valence electrons. The number of nitrogens with two attached hydrogens (primary N) is 1. The van der Waals surface area contributed by atoms with E-state index < -0.39 is 5.85 Å². The van der Waals surface area contributed by atoms with Crippen molar-refractivity contribution in [2.75, 3.05) is 32.3 Å². The van der Waals surface area contributed by atoms with E-state index in [4.69, 9.17) is 24.7 Å². The molecular weight excluding hydrogens is 356 g/mol. The molecule has 2 aromatic rings. The molecule has 1 aliphatic heterocycles. The van der Waals surface area contributed by atoms with Crippen LogP contribution < -0.4 is 24.8 Å². The van der Waals surface area contributed by atoms with Crippen molar-refractivity contribution in [2.45, 2.75) is 12.8 Å². The lowest BCUT2D eigenvalue weighted by atomic mass is 10.1. The first-order chi connectivity index (χ1) is 13.5. The second kappa shape index (κ2) is 8.82. The van der Waals surface area contributed by atoms with Crippen LogP contribution in [0.5, 0.6) is 17.2 Å². The minimum Gasteiger partial charge on any atom is -0.497 e. The van der Waals surface area contributed by atoms with E-state index in [2.05, 4.69) is 0 Å². The highest BCUT2D eigenvalue weighted by Gasteiger charge is 2.32. The molecule has 0 aromatic heterocycles. The average Bonchev–Trinajstić information content (AvgIpc) is 2.71. The molecule has 0 spiro atoms. The Labute approximate surface area is 165 Å². The van der Waals surface area contributed by atoms with Gasteiger partial charge in [0.25, 0.3) is 0 Å². The molecule has 1 unspecified atom stereocenters. The van der Waals surface area contributed by atoms with Crippen LogP contribution in [0.15, 0.2) is 66.9 Å². The summed E-state index contributed by atoms with van der Waals surface area (Å²) in [5.41, 5.74) is 8.50. The molecule has 0 saturated heterocycles. The van der Waals surface area contributed by atoms with Crippen molar-refractivity contribution >= 4 is 5.69 Å². The Balaban J connectivity index is 1.66. The number of methoxy groups -OCH3 is 2. The summed E-state index contributed by atoms with van der Waals surface area (Å²) < 4.78 is 22.3. The molecule has 0 aliphatic carbocycles. The summed E-state index contributed by atoms with van der Waals surface area (Å²) in [6.45, 7) is 2.68. The Morgan fingerprint density at radius 3 is 2.50 bits per heavy atom. The Hall–Kier alpha value is -2.96. The van der Waals surface area contributed by atoms with Crippen molar-refractivity contribution in [2.24, 2.45) is 5.73 Å². The molecule has 2 N–H and O–H groups in total. The van der Waals surface area contributed by atoms with Crippen LogP contribution in [0.3, 0.4) is 0 Å². The number of aryl methyl sites for hydroxylation is 1. The van der Waals surface area contributed by atoms with Gasteiger partial charge in [-0.2, -0.15) is 0 Å². The second-order valence-electron chi connectivity index (χ2n) is 6.41. The van der Waals surface area contributed by atoms with E-state index >= 15 is 0 Å². The van der Waals surface area contributed by atoms with Gasteiger partial charge in [-0.1, -0.05) is 12.1 Å². The molecular formula is C22H26N2O4. The maximum absolute atomic E-state index is 6.55. The van der Waals surface area contributed by atoms with Gasteiger partial charge in [0.15, 0.2) is 0 Å². The molecule has 3 rings (SSSR count). The number of allylic oxidation sites excluding steroid dienone is 2. The van der Waals surface area contributed by atoms with Gasteiger partial charge in [-0.05, 0) is 48.9 Å². The zero-order chi connectivity index (χ0) is 20.0. The van der Waals surface area contributed by atoms with Crippen LogP contribution in [0.1, 0.15) is 5.56 Å². The SMILES string of the molecule is COc1cccc(OCCOC2(N)C=CC=CN2c2cc(C)cc(OC)c2)c1. The topological polar surface area (TPSA) is 66.2 Å². The Morgan fingerprint density at radius 1 is 0.929 bits per heavy atom. The van der Waals surface area contributed by atoms with Gasteiger partial charge in [0.05, 0.1) is 20.8 Å². The summed E-state index contributed by atoms with van der Waals surface area (Å²) >= 11 is 0. The van der Waals surface area contributed by atoms with Crippen LogP contribution in [-0.2, 0) is 4.74 Å². The molecule has 0 saturated carbocycles. The molecule has 0 fully saturated rings. The third-order valence-electron chi connectivity index (χ3n) is 4.33. The van der Waals surface area contributed by atoms with E-state index in [1.54, 1.807) is 14.2 Å². The molecule has 6 nitrogen and oxygen atoms in total. The number of benzene rings is 2. The highest BCUT2D eigenvalue weighted by molar-refractivity contribution is 5.58. The van der Waals surface area contributed by atoms with Crippen LogP contribution >= 0.6 is 0 Å². The van der Waals surface area contributed by atoms with Crippen molar-refractivity contribution < 1.29 is 18.9 Å². The fourth-order valence-corrected chi connectivity index (χ4v) is 2.97. The maximum Gasteiger partial charge on any atom is 0.220 e. The summed E-state index contributed by atoms with van der Waals surface area (Å²) in [4.78, 5) is 1.87. The van der Waals surface area contributed by atoms with E-state index in [1.807, 2.05) is 78.7 Å². The zero-order valence-electron chi connectivity index (χ0n) is 16.4. The van der Waals surface area contributed by atoms with E-state index in [0.29, 0.717) is 19.0 Å². The van der Waals surface area contributed by atoms with E-state index in [0.717, 1.165) is 22.7 Å². The van der Waals surface area contributed by atoms with Crippen molar-refractivity contribution in [3.05, 3.63) is 72.5 Å². The summed E-state index contributed by atoms with van der Waals surface area (Å²) in [7, 11) is 3.27. The number of anilines is 1. The van der Waals surface area contributed by atoms with Crippen molar-refractivity contribution in [1.29, 1.82) is 0 Å². The lowest BCUT2D eigenvalue weighted by molar-refractivity contribution is -0.0141. The van der Waals surface area contributed by atoms with Gasteiger partial charge in [0.2, 0.25) is 5.85 Å². The maximum atomic E-state index is 6.55. The molecule has 28 heavy (non-hydrogen) atoms. The van der Waals surface area contributed by atoms with Gasteiger partial charge in [-0.15, -0.1) is 0 Å². The third-order valence-corrected chi connectivity index (χ3v) is 4.33. The van der Waals surface area contributed by atoms with Gasteiger partial charge in [0, 0.05) is 24.0 Å². The average molecular weight is 382 g/mol. The number of nitrogens with zero attached hydrogens (tertiary/aromatic N) is 1. The van der Waals surface area contributed by atoms with Gasteiger partial charge in [-0.3, -0.25) is 5.73 Å². The smallest absolute Gasteiger partial charge is 0.220 e. The summed E-state index contributed by atoms with van der Waals surface area (Å²) in [6, 6.07) is 13.4. The lowest BCUT2D eigenvalue weighted by Crippen LogP contribution is -2.56. The lowest BCUT2D eigenvalue weighted by Gasteiger charge is -2.39. The molecule has 2 aromatic carbocycles. The van der Waals surface area contributed by atoms with Crippen molar-refractivity contribution in [3.63, 3.8) is 0 Å². The highest BCUT2D eigenvalue weighted by Crippen LogP contribution is 2.30. The van der Waals surface area contributed by atoms with Crippen LogP contribution in [0.25, 0.3) is 0 Å². The van der Waals surface area contributed by atoms with Crippen LogP contribution in [0.2, 0.25) is 0 Å². The first kappa shape index (κ1) is 19.8. The normalized spacial score (nSPS) is 18.2. The number of rotatable bonds is 8.